The zero-order valence-corrected chi connectivity index (χ0v) is 10.8. The molecule has 0 aliphatic carbocycles. The molecule has 1 aromatic rings. The molecule has 0 bridgehead atoms. The van der Waals surface area contributed by atoms with Gasteiger partial charge in [0.25, 0.3) is 0 Å². The number of pyridine rings is 1. The van der Waals surface area contributed by atoms with Gasteiger partial charge in [-0.1, -0.05) is 0 Å². The molecule has 0 aliphatic heterocycles. The maximum atomic E-state index is 11.6. The molecular weight excluding hydrogens is 260 g/mol. The number of carbonyl (C=O) groups is 1. The first-order valence-electron chi connectivity index (χ1n) is 5.08. The van der Waals surface area contributed by atoms with Crippen molar-refractivity contribution in [1.29, 1.82) is 0 Å². The minimum atomic E-state index is -3.75. The van der Waals surface area contributed by atoms with Gasteiger partial charge in [0.2, 0.25) is 10.0 Å². The molecule has 0 saturated heterocycles. The molecule has 0 radical (unpaired) electrons. The molecule has 0 spiro atoms. The molecule has 0 fully saturated rings. The van der Waals surface area contributed by atoms with Crippen LogP contribution in [0.15, 0.2) is 12.1 Å². The van der Waals surface area contributed by atoms with E-state index in [9.17, 15) is 18.3 Å². The number of methoxy groups -OCH3 is 1. The van der Waals surface area contributed by atoms with Gasteiger partial charge < -0.3 is 9.84 Å². The molecule has 0 amide bonds. The van der Waals surface area contributed by atoms with Gasteiger partial charge in [0, 0.05) is 5.69 Å². The van der Waals surface area contributed by atoms with E-state index in [1.807, 2.05) is 0 Å². The first-order chi connectivity index (χ1) is 8.34. The number of esters is 1. The van der Waals surface area contributed by atoms with Crippen LogP contribution in [0.5, 0.6) is 5.75 Å². The summed E-state index contributed by atoms with van der Waals surface area (Å²) in [4.78, 5) is 14.7. The van der Waals surface area contributed by atoms with Crippen molar-refractivity contribution >= 4 is 21.8 Å². The highest BCUT2D eigenvalue weighted by Crippen LogP contribution is 2.21. The van der Waals surface area contributed by atoms with E-state index in [2.05, 4.69) is 14.4 Å². The maximum Gasteiger partial charge on any atom is 0.306 e. The topological polar surface area (TPSA) is 106 Å². The fourth-order valence-electron chi connectivity index (χ4n) is 1.14. The molecule has 0 aromatic carbocycles. The van der Waals surface area contributed by atoms with Crippen molar-refractivity contribution in [2.75, 3.05) is 17.6 Å². The lowest BCUT2D eigenvalue weighted by Gasteiger charge is -2.08. The Morgan fingerprint density at radius 2 is 2.17 bits per heavy atom. The number of hydrogen-bond donors (Lipinski definition) is 2. The second kappa shape index (κ2) is 5.67. The van der Waals surface area contributed by atoms with E-state index in [-0.39, 0.29) is 18.0 Å². The van der Waals surface area contributed by atoms with Gasteiger partial charge in [0.1, 0.15) is 0 Å². The molecular formula is C10H14N2O5S. The average Bonchev–Trinajstić information content (AvgIpc) is 2.30. The Hall–Kier alpha value is -1.83. The fraction of sp³-hybridized carbons (Fsp3) is 0.400. The SMILES string of the molecule is COC(=O)CCS(=O)(=O)Nc1nc(C)ccc1O. The summed E-state index contributed by atoms with van der Waals surface area (Å²) < 4.78 is 29.7. The highest BCUT2D eigenvalue weighted by Gasteiger charge is 2.16. The van der Waals surface area contributed by atoms with Crippen molar-refractivity contribution in [3.05, 3.63) is 17.8 Å². The molecule has 0 atom stereocenters. The van der Waals surface area contributed by atoms with Crippen LogP contribution in [-0.4, -0.2) is 37.3 Å². The van der Waals surface area contributed by atoms with Crippen LogP contribution in [-0.2, 0) is 19.6 Å². The smallest absolute Gasteiger partial charge is 0.306 e. The van der Waals surface area contributed by atoms with Gasteiger partial charge in [-0.2, -0.15) is 0 Å². The number of aryl methyl sites for hydroxylation is 1. The minimum Gasteiger partial charge on any atom is -0.504 e. The van der Waals surface area contributed by atoms with Crippen molar-refractivity contribution < 1.29 is 23.1 Å². The van der Waals surface area contributed by atoms with Crippen LogP contribution in [0.25, 0.3) is 0 Å². The predicted molar refractivity (Wildman–Crippen MR) is 64.7 cm³/mol. The van der Waals surface area contributed by atoms with Gasteiger partial charge in [-0.25, -0.2) is 13.4 Å². The molecule has 1 aromatic heterocycles. The van der Waals surface area contributed by atoms with Crippen molar-refractivity contribution in [1.82, 2.24) is 4.98 Å². The molecule has 0 unspecified atom stereocenters. The average molecular weight is 274 g/mol. The minimum absolute atomic E-state index is 0.153. The number of nitrogens with one attached hydrogen (secondary N) is 1. The summed E-state index contributed by atoms with van der Waals surface area (Å²) in [6.07, 6.45) is -0.265. The standard InChI is InChI=1S/C10H14N2O5S/c1-7-3-4-8(13)10(11-7)12-18(15,16)6-5-9(14)17-2/h3-4,13H,5-6H2,1-2H3,(H,11,12). The first kappa shape index (κ1) is 14.2. The van der Waals surface area contributed by atoms with Crippen molar-refractivity contribution in [3.63, 3.8) is 0 Å². The quantitative estimate of drug-likeness (QED) is 0.753. The van der Waals surface area contributed by atoms with E-state index >= 15 is 0 Å². The molecule has 1 rings (SSSR count). The molecule has 100 valence electrons. The lowest BCUT2D eigenvalue weighted by atomic mass is 10.3. The van der Waals surface area contributed by atoms with Gasteiger partial charge in [-0.05, 0) is 19.1 Å². The van der Waals surface area contributed by atoms with Gasteiger partial charge >= 0.3 is 5.97 Å². The van der Waals surface area contributed by atoms with Crippen LogP contribution in [0.3, 0.4) is 0 Å². The largest absolute Gasteiger partial charge is 0.504 e. The molecule has 0 saturated carbocycles. The monoisotopic (exact) mass is 274 g/mol. The number of nitrogens with zero attached hydrogens (tertiary/aromatic N) is 1. The molecule has 1 heterocycles. The number of anilines is 1. The number of aromatic nitrogens is 1. The molecule has 2 N–H and O–H groups in total. The Morgan fingerprint density at radius 1 is 1.50 bits per heavy atom. The van der Waals surface area contributed by atoms with Gasteiger partial charge in [0.15, 0.2) is 11.6 Å². The van der Waals surface area contributed by atoms with E-state index in [1.165, 1.54) is 13.2 Å². The Balaban J connectivity index is 2.76. The van der Waals surface area contributed by atoms with Crippen LogP contribution in [0.4, 0.5) is 5.82 Å². The number of hydrogen-bond acceptors (Lipinski definition) is 6. The lowest BCUT2D eigenvalue weighted by molar-refractivity contribution is -0.140. The third kappa shape index (κ3) is 4.21. The van der Waals surface area contributed by atoms with Crippen LogP contribution in [0.1, 0.15) is 12.1 Å². The van der Waals surface area contributed by atoms with Crippen LogP contribution in [0, 0.1) is 6.92 Å². The Kier molecular flexibility index (Phi) is 4.49. The lowest BCUT2D eigenvalue weighted by Crippen LogP contribution is -2.20. The number of aromatic hydroxyl groups is 1. The maximum absolute atomic E-state index is 11.6. The summed E-state index contributed by atoms with van der Waals surface area (Å²) >= 11 is 0. The number of rotatable bonds is 5. The summed E-state index contributed by atoms with van der Waals surface area (Å²) in [6, 6.07) is 2.88. The van der Waals surface area contributed by atoms with Crippen LogP contribution in [0.2, 0.25) is 0 Å². The van der Waals surface area contributed by atoms with Crippen molar-refractivity contribution in [3.8, 4) is 5.75 Å². The second-order valence-corrected chi connectivity index (χ2v) is 5.41. The van der Waals surface area contributed by atoms with Crippen molar-refractivity contribution in [2.24, 2.45) is 0 Å². The summed E-state index contributed by atoms with van der Waals surface area (Å²) in [7, 11) is -2.58. The fourth-order valence-corrected chi connectivity index (χ4v) is 2.12. The van der Waals surface area contributed by atoms with Gasteiger partial charge in [-0.3, -0.25) is 9.52 Å². The Labute approximate surface area is 105 Å². The van der Waals surface area contributed by atoms with Gasteiger partial charge in [-0.15, -0.1) is 0 Å². The molecule has 18 heavy (non-hydrogen) atoms. The number of carbonyl (C=O) groups excluding carboxylic acids is 1. The van der Waals surface area contributed by atoms with Crippen LogP contribution >= 0.6 is 0 Å². The summed E-state index contributed by atoms with van der Waals surface area (Å²) in [6.45, 7) is 1.66. The van der Waals surface area contributed by atoms with Gasteiger partial charge in [0.05, 0.1) is 19.3 Å². The first-order valence-corrected chi connectivity index (χ1v) is 6.73. The highest BCUT2D eigenvalue weighted by molar-refractivity contribution is 7.92. The normalized spacial score (nSPS) is 11.0. The van der Waals surface area contributed by atoms with E-state index in [0.717, 1.165) is 0 Å². The second-order valence-electron chi connectivity index (χ2n) is 3.57. The highest BCUT2D eigenvalue weighted by atomic mass is 32.2. The third-order valence-electron chi connectivity index (χ3n) is 2.07. The predicted octanol–water partition coefficient (Wildman–Crippen LogP) is 0.400. The number of ether oxygens (including phenoxy) is 1. The molecule has 7 nitrogen and oxygen atoms in total. The van der Waals surface area contributed by atoms with E-state index in [4.69, 9.17) is 0 Å². The summed E-state index contributed by atoms with van der Waals surface area (Å²) in [5, 5.41) is 9.44. The number of sulfonamides is 1. The third-order valence-corrected chi connectivity index (χ3v) is 3.31. The summed E-state index contributed by atoms with van der Waals surface area (Å²) in [5.41, 5.74) is 0.554. The Morgan fingerprint density at radius 3 is 2.78 bits per heavy atom. The van der Waals surface area contributed by atoms with E-state index in [1.54, 1.807) is 13.0 Å². The van der Waals surface area contributed by atoms with Crippen molar-refractivity contribution in [2.45, 2.75) is 13.3 Å². The zero-order chi connectivity index (χ0) is 13.8. The van der Waals surface area contributed by atoms with Crippen LogP contribution < -0.4 is 4.72 Å². The zero-order valence-electron chi connectivity index (χ0n) is 10.0. The molecule has 8 heteroatoms. The van der Waals surface area contributed by atoms with E-state index < -0.39 is 21.7 Å². The molecule has 0 aliphatic rings. The Bertz CT molecular complexity index is 541. The summed E-state index contributed by atoms with van der Waals surface area (Å²) in [5.74, 6) is -1.49. The van der Waals surface area contributed by atoms with E-state index in [0.29, 0.717) is 5.69 Å².